The molecule has 0 aliphatic heterocycles. The first kappa shape index (κ1) is 17.4. The lowest BCUT2D eigenvalue weighted by Crippen LogP contribution is -2.14. The van der Waals surface area contributed by atoms with Crippen molar-refractivity contribution in [3.8, 4) is 0 Å². The van der Waals surface area contributed by atoms with E-state index >= 15 is 0 Å². The van der Waals surface area contributed by atoms with Gasteiger partial charge in [0.2, 0.25) is 0 Å². The van der Waals surface area contributed by atoms with Crippen LogP contribution >= 0.6 is 0 Å². The van der Waals surface area contributed by atoms with E-state index in [1.165, 1.54) is 24.5 Å². The molecule has 1 aromatic carbocycles. The second kappa shape index (κ2) is 6.82. The van der Waals surface area contributed by atoms with E-state index in [4.69, 9.17) is 4.52 Å². The Hall–Kier alpha value is -3.43. The van der Waals surface area contributed by atoms with Gasteiger partial charge in [0, 0.05) is 11.8 Å². The van der Waals surface area contributed by atoms with Gasteiger partial charge in [-0.3, -0.25) is 4.79 Å². The SMILES string of the molecule is Cc1cc(NC(=O)c2cnc(Nc3ccc(C(F)(F)F)cc3)cn2)no1. The number of anilines is 3. The van der Waals surface area contributed by atoms with Crippen LogP contribution in [-0.4, -0.2) is 21.0 Å². The zero-order valence-electron chi connectivity index (χ0n) is 13.3. The zero-order valence-corrected chi connectivity index (χ0v) is 13.3. The lowest BCUT2D eigenvalue weighted by atomic mass is 10.2. The molecule has 0 fully saturated rings. The molecule has 0 atom stereocenters. The van der Waals surface area contributed by atoms with Crippen LogP contribution in [0.5, 0.6) is 0 Å². The van der Waals surface area contributed by atoms with E-state index in [1.54, 1.807) is 13.0 Å². The van der Waals surface area contributed by atoms with Gasteiger partial charge in [-0.2, -0.15) is 13.2 Å². The number of nitrogens with one attached hydrogen (secondary N) is 2. The molecule has 0 aliphatic carbocycles. The molecule has 0 radical (unpaired) electrons. The number of aryl methyl sites for hydroxylation is 1. The molecule has 2 N–H and O–H groups in total. The van der Waals surface area contributed by atoms with Crippen LogP contribution in [0.4, 0.5) is 30.5 Å². The monoisotopic (exact) mass is 363 g/mol. The van der Waals surface area contributed by atoms with Gasteiger partial charge in [-0.05, 0) is 31.2 Å². The average molecular weight is 363 g/mol. The highest BCUT2D eigenvalue weighted by Crippen LogP contribution is 2.30. The lowest BCUT2D eigenvalue weighted by Gasteiger charge is -2.09. The third kappa shape index (κ3) is 4.15. The number of carbonyl (C=O) groups excluding carboxylic acids is 1. The molecule has 0 aliphatic rings. The minimum absolute atomic E-state index is 0.0450. The first-order valence-corrected chi connectivity index (χ1v) is 7.32. The standard InChI is InChI=1S/C16H12F3N5O2/c1-9-6-13(24-26-9)23-15(25)12-7-21-14(8-20-12)22-11-4-2-10(3-5-11)16(17,18)19/h2-8H,1H3,(H,21,22)(H,23,24,25). The molecule has 134 valence electrons. The molecule has 3 rings (SSSR count). The van der Waals surface area contributed by atoms with Gasteiger partial charge >= 0.3 is 6.18 Å². The van der Waals surface area contributed by atoms with Crippen LogP contribution in [0.25, 0.3) is 0 Å². The van der Waals surface area contributed by atoms with E-state index < -0.39 is 17.6 Å². The summed E-state index contributed by atoms with van der Waals surface area (Å²) in [6.07, 6.45) is -1.87. The largest absolute Gasteiger partial charge is 0.416 e. The fraction of sp³-hybridized carbons (Fsp3) is 0.125. The summed E-state index contributed by atoms with van der Waals surface area (Å²) in [6.45, 7) is 1.68. The predicted molar refractivity (Wildman–Crippen MR) is 86.0 cm³/mol. The molecule has 7 nitrogen and oxygen atoms in total. The van der Waals surface area contributed by atoms with Crippen molar-refractivity contribution in [2.75, 3.05) is 10.6 Å². The normalized spacial score (nSPS) is 11.2. The smallest absolute Gasteiger partial charge is 0.360 e. The fourth-order valence-electron chi connectivity index (χ4n) is 2.01. The van der Waals surface area contributed by atoms with E-state index in [0.29, 0.717) is 11.4 Å². The molecule has 2 heterocycles. The van der Waals surface area contributed by atoms with Gasteiger partial charge in [0.15, 0.2) is 5.82 Å². The minimum Gasteiger partial charge on any atom is -0.360 e. The van der Waals surface area contributed by atoms with Crippen LogP contribution in [-0.2, 0) is 6.18 Å². The van der Waals surface area contributed by atoms with Crippen molar-refractivity contribution in [2.45, 2.75) is 13.1 Å². The van der Waals surface area contributed by atoms with Crippen LogP contribution in [0.3, 0.4) is 0 Å². The third-order valence-corrected chi connectivity index (χ3v) is 3.24. The number of aromatic nitrogens is 3. The summed E-state index contributed by atoms with van der Waals surface area (Å²) in [5.41, 5.74) is -0.296. The molecule has 0 spiro atoms. The van der Waals surface area contributed by atoms with Crippen molar-refractivity contribution in [1.82, 2.24) is 15.1 Å². The number of carbonyl (C=O) groups is 1. The highest BCUT2D eigenvalue weighted by atomic mass is 19.4. The van der Waals surface area contributed by atoms with Crippen molar-refractivity contribution in [3.05, 3.63) is 59.7 Å². The Morgan fingerprint density at radius 3 is 2.35 bits per heavy atom. The van der Waals surface area contributed by atoms with E-state index in [1.807, 2.05) is 0 Å². The van der Waals surface area contributed by atoms with Crippen molar-refractivity contribution in [3.63, 3.8) is 0 Å². The van der Waals surface area contributed by atoms with Crippen molar-refractivity contribution in [1.29, 1.82) is 0 Å². The summed E-state index contributed by atoms with van der Waals surface area (Å²) in [5, 5.41) is 8.93. The van der Waals surface area contributed by atoms with E-state index in [0.717, 1.165) is 12.1 Å². The molecule has 0 saturated carbocycles. The number of nitrogens with zero attached hydrogens (tertiary/aromatic N) is 3. The Labute approximate surface area is 145 Å². The van der Waals surface area contributed by atoms with Gasteiger partial charge < -0.3 is 15.2 Å². The summed E-state index contributed by atoms with van der Waals surface area (Å²) >= 11 is 0. The molecular weight excluding hydrogens is 351 g/mol. The van der Waals surface area contributed by atoms with E-state index in [9.17, 15) is 18.0 Å². The number of benzene rings is 1. The third-order valence-electron chi connectivity index (χ3n) is 3.24. The molecule has 0 bridgehead atoms. The van der Waals surface area contributed by atoms with Crippen LogP contribution < -0.4 is 10.6 Å². The number of rotatable bonds is 4. The predicted octanol–water partition coefficient (Wildman–Crippen LogP) is 3.79. The highest BCUT2D eigenvalue weighted by molar-refractivity contribution is 6.02. The van der Waals surface area contributed by atoms with E-state index in [2.05, 4.69) is 25.8 Å². The summed E-state index contributed by atoms with van der Waals surface area (Å²) in [4.78, 5) is 20.0. The number of amides is 1. The van der Waals surface area contributed by atoms with Gasteiger partial charge in [-0.25, -0.2) is 9.97 Å². The van der Waals surface area contributed by atoms with Crippen LogP contribution in [0.1, 0.15) is 21.8 Å². The molecule has 26 heavy (non-hydrogen) atoms. The molecule has 3 aromatic rings. The Bertz CT molecular complexity index is 905. The van der Waals surface area contributed by atoms with Crippen molar-refractivity contribution in [2.24, 2.45) is 0 Å². The molecule has 10 heteroatoms. The molecule has 0 saturated heterocycles. The maximum Gasteiger partial charge on any atom is 0.416 e. The lowest BCUT2D eigenvalue weighted by molar-refractivity contribution is -0.137. The molecule has 0 unspecified atom stereocenters. The van der Waals surface area contributed by atoms with Crippen molar-refractivity contribution >= 4 is 23.2 Å². The second-order valence-corrected chi connectivity index (χ2v) is 5.26. The molecule has 2 aromatic heterocycles. The first-order valence-electron chi connectivity index (χ1n) is 7.32. The topological polar surface area (TPSA) is 92.9 Å². The number of hydrogen-bond acceptors (Lipinski definition) is 6. The van der Waals surface area contributed by atoms with E-state index in [-0.39, 0.29) is 17.3 Å². The van der Waals surface area contributed by atoms with Gasteiger partial charge in [-0.15, -0.1) is 0 Å². The van der Waals surface area contributed by atoms with Crippen molar-refractivity contribution < 1.29 is 22.5 Å². The highest BCUT2D eigenvalue weighted by Gasteiger charge is 2.29. The number of hydrogen-bond donors (Lipinski definition) is 2. The Morgan fingerprint density at radius 2 is 1.81 bits per heavy atom. The Morgan fingerprint density at radius 1 is 1.08 bits per heavy atom. The first-order chi connectivity index (χ1) is 12.3. The van der Waals surface area contributed by atoms with Gasteiger partial charge in [-0.1, -0.05) is 5.16 Å². The number of halogens is 3. The summed E-state index contributed by atoms with van der Waals surface area (Å²) < 4.78 is 42.4. The maximum absolute atomic E-state index is 12.5. The maximum atomic E-state index is 12.5. The van der Waals surface area contributed by atoms with Crippen LogP contribution in [0, 0.1) is 6.92 Å². The molecular formula is C16H12F3N5O2. The fourth-order valence-corrected chi connectivity index (χ4v) is 2.01. The Kier molecular flexibility index (Phi) is 4.57. The minimum atomic E-state index is -4.39. The van der Waals surface area contributed by atoms with Gasteiger partial charge in [0.1, 0.15) is 17.3 Å². The zero-order chi connectivity index (χ0) is 18.7. The average Bonchev–Trinajstić information content (AvgIpc) is 3.00. The van der Waals surface area contributed by atoms with Crippen LogP contribution in [0.15, 0.2) is 47.2 Å². The van der Waals surface area contributed by atoms with Gasteiger partial charge in [0.25, 0.3) is 5.91 Å². The Balaban J connectivity index is 1.65. The van der Waals surface area contributed by atoms with Crippen LogP contribution in [0.2, 0.25) is 0 Å². The quantitative estimate of drug-likeness (QED) is 0.733. The van der Waals surface area contributed by atoms with Gasteiger partial charge in [0.05, 0.1) is 18.0 Å². The summed E-state index contributed by atoms with van der Waals surface area (Å²) in [7, 11) is 0. The summed E-state index contributed by atoms with van der Waals surface area (Å²) in [5.74, 6) is 0.550. The second-order valence-electron chi connectivity index (χ2n) is 5.26. The number of alkyl halides is 3. The molecule has 1 amide bonds. The summed E-state index contributed by atoms with van der Waals surface area (Å²) in [6, 6.07) is 6.01.